The molecule has 2 aromatic heterocycles. The molecule has 0 fully saturated rings. The third-order valence-corrected chi connectivity index (χ3v) is 3.14. The molecular formula is C13H15N3O2S. The van der Waals surface area contributed by atoms with E-state index in [-0.39, 0.29) is 5.56 Å². The van der Waals surface area contributed by atoms with E-state index >= 15 is 0 Å². The molecule has 0 spiro atoms. The van der Waals surface area contributed by atoms with Gasteiger partial charge < -0.3 is 9.72 Å². The van der Waals surface area contributed by atoms with Crippen LogP contribution in [0.15, 0.2) is 40.7 Å². The first-order chi connectivity index (χ1) is 9.29. The van der Waals surface area contributed by atoms with E-state index in [0.717, 1.165) is 5.56 Å². The standard InChI is InChI=1S/C13H15N3O2S/c1-19-13-15-8-11(12(17)16-13)4-6-18-9-10-3-2-5-14-7-10/h2-3,5,7-8H,4,6,9H2,1H3,(H,15,16,17). The number of nitrogens with one attached hydrogen (secondary N) is 1. The van der Waals surface area contributed by atoms with Crippen LogP contribution in [0.5, 0.6) is 0 Å². The summed E-state index contributed by atoms with van der Waals surface area (Å²) < 4.78 is 5.51. The minimum atomic E-state index is -0.0932. The Morgan fingerprint density at radius 3 is 3.00 bits per heavy atom. The lowest BCUT2D eigenvalue weighted by atomic mass is 10.2. The largest absolute Gasteiger partial charge is 0.376 e. The highest BCUT2D eigenvalue weighted by atomic mass is 32.2. The van der Waals surface area contributed by atoms with Crippen LogP contribution < -0.4 is 5.56 Å². The van der Waals surface area contributed by atoms with Crippen molar-refractivity contribution in [2.45, 2.75) is 18.2 Å². The van der Waals surface area contributed by atoms with Gasteiger partial charge >= 0.3 is 0 Å². The molecule has 1 N–H and O–H groups in total. The number of hydrogen-bond donors (Lipinski definition) is 1. The van der Waals surface area contributed by atoms with Crippen molar-refractivity contribution in [3.63, 3.8) is 0 Å². The van der Waals surface area contributed by atoms with Crippen molar-refractivity contribution in [3.05, 3.63) is 52.2 Å². The van der Waals surface area contributed by atoms with Crippen molar-refractivity contribution in [2.75, 3.05) is 12.9 Å². The number of aromatic nitrogens is 3. The smallest absolute Gasteiger partial charge is 0.254 e. The molecule has 6 heteroatoms. The minimum absolute atomic E-state index is 0.0932. The maximum Gasteiger partial charge on any atom is 0.254 e. The average molecular weight is 277 g/mol. The highest BCUT2D eigenvalue weighted by Gasteiger charge is 2.02. The summed E-state index contributed by atoms with van der Waals surface area (Å²) in [6.07, 6.45) is 7.52. The second-order valence-electron chi connectivity index (χ2n) is 3.91. The van der Waals surface area contributed by atoms with Crippen LogP contribution in [0.4, 0.5) is 0 Å². The van der Waals surface area contributed by atoms with Crippen LogP contribution in [0.2, 0.25) is 0 Å². The van der Waals surface area contributed by atoms with Crippen LogP contribution in [0.3, 0.4) is 0 Å². The van der Waals surface area contributed by atoms with Gasteiger partial charge in [-0.25, -0.2) is 4.98 Å². The summed E-state index contributed by atoms with van der Waals surface area (Å²) in [6.45, 7) is 0.986. The zero-order valence-electron chi connectivity index (χ0n) is 10.6. The van der Waals surface area contributed by atoms with Gasteiger partial charge in [-0.05, 0) is 17.9 Å². The summed E-state index contributed by atoms with van der Waals surface area (Å²) >= 11 is 1.41. The van der Waals surface area contributed by atoms with Crippen LogP contribution in [0, 0.1) is 0 Å². The number of aromatic amines is 1. The van der Waals surface area contributed by atoms with Crippen molar-refractivity contribution < 1.29 is 4.74 Å². The van der Waals surface area contributed by atoms with Gasteiger partial charge in [-0.1, -0.05) is 17.8 Å². The van der Waals surface area contributed by atoms with Gasteiger partial charge in [0.25, 0.3) is 5.56 Å². The molecule has 2 rings (SSSR count). The van der Waals surface area contributed by atoms with Crippen molar-refractivity contribution in [3.8, 4) is 0 Å². The molecule has 0 amide bonds. The van der Waals surface area contributed by atoms with E-state index in [1.54, 1.807) is 18.6 Å². The Morgan fingerprint density at radius 2 is 2.32 bits per heavy atom. The van der Waals surface area contributed by atoms with E-state index in [0.29, 0.717) is 30.4 Å². The topological polar surface area (TPSA) is 67.9 Å². The molecule has 0 saturated carbocycles. The van der Waals surface area contributed by atoms with Gasteiger partial charge in [0, 0.05) is 30.6 Å². The molecule has 5 nitrogen and oxygen atoms in total. The zero-order chi connectivity index (χ0) is 13.5. The molecule has 0 bridgehead atoms. The summed E-state index contributed by atoms with van der Waals surface area (Å²) in [5.41, 5.74) is 1.57. The highest BCUT2D eigenvalue weighted by Crippen LogP contribution is 2.05. The van der Waals surface area contributed by atoms with E-state index in [9.17, 15) is 4.79 Å². The molecule has 19 heavy (non-hydrogen) atoms. The number of ether oxygens (including phenoxy) is 1. The number of pyridine rings is 1. The Hall–Kier alpha value is -1.66. The number of hydrogen-bond acceptors (Lipinski definition) is 5. The third-order valence-electron chi connectivity index (χ3n) is 2.55. The first-order valence-electron chi connectivity index (χ1n) is 5.88. The fraction of sp³-hybridized carbons (Fsp3) is 0.308. The van der Waals surface area contributed by atoms with Gasteiger partial charge in [-0.3, -0.25) is 9.78 Å². The molecule has 0 unspecified atom stereocenters. The van der Waals surface area contributed by atoms with Crippen LogP contribution >= 0.6 is 11.8 Å². The van der Waals surface area contributed by atoms with E-state index in [2.05, 4.69) is 15.0 Å². The predicted molar refractivity (Wildman–Crippen MR) is 74.2 cm³/mol. The van der Waals surface area contributed by atoms with Gasteiger partial charge in [0.1, 0.15) is 0 Å². The zero-order valence-corrected chi connectivity index (χ0v) is 11.4. The average Bonchev–Trinajstić information content (AvgIpc) is 2.46. The molecule has 0 atom stereocenters. The summed E-state index contributed by atoms with van der Waals surface area (Å²) in [7, 11) is 0. The molecule has 2 aromatic rings. The fourth-order valence-corrected chi connectivity index (χ4v) is 1.90. The lowest BCUT2D eigenvalue weighted by Crippen LogP contribution is -2.16. The van der Waals surface area contributed by atoms with Gasteiger partial charge in [0.05, 0.1) is 13.2 Å². The van der Waals surface area contributed by atoms with E-state index < -0.39 is 0 Å². The van der Waals surface area contributed by atoms with E-state index in [1.165, 1.54) is 11.8 Å². The minimum Gasteiger partial charge on any atom is -0.376 e. The third kappa shape index (κ3) is 4.18. The Kier molecular flexibility index (Phi) is 5.11. The first-order valence-corrected chi connectivity index (χ1v) is 7.11. The maximum atomic E-state index is 11.7. The number of H-pyrrole nitrogens is 1. The SMILES string of the molecule is CSc1ncc(CCOCc2cccnc2)c(=O)[nH]1. The van der Waals surface area contributed by atoms with Gasteiger partial charge in [0.2, 0.25) is 0 Å². The summed E-state index contributed by atoms with van der Waals surface area (Å²) in [5.74, 6) is 0. The summed E-state index contributed by atoms with van der Waals surface area (Å²) in [5, 5.41) is 0.630. The number of thioether (sulfide) groups is 1. The second kappa shape index (κ2) is 7.06. The number of rotatable bonds is 6. The monoisotopic (exact) mass is 277 g/mol. The Labute approximate surface area is 115 Å². The Bertz CT molecular complexity index is 572. The van der Waals surface area contributed by atoms with Gasteiger partial charge in [-0.2, -0.15) is 0 Å². The van der Waals surface area contributed by atoms with Crippen molar-refractivity contribution in [2.24, 2.45) is 0 Å². The van der Waals surface area contributed by atoms with E-state index in [4.69, 9.17) is 4.74 Å². The summed E-state index contributed by atoms with van der Waals surface area (Å²) in [6, 6.07) is 3.82. The molecule has 100 valence electrons. The highest BCUT2D eigenvalue weighted by molar-refractivity contribution is 7.98. The lowest BCUT2D eigenvalue weighted by molar-refractivity contribution is 0.123. The van der Waals surface area contributed by atoms with Crippen LogP contribution in [0.1, 0.15) is 11.1 Å². The van der Waals surface area contributed by atoms with Crippen molar-refractivity contribution >= 4 is 11.8 Å². The second-order valence-corrected chi connectivity index (χ2v) is 4.71. The van der Waals surface area contributed by atoms with Crippen LogP contribution in [-0.4, -0.2) is 27.8 Å². The van der Waals surface area contributed by atoms with E-state index in [1.807, 2.05) is 18.4 Å². The maximum absolute atomic E-state index is 11.7. The molecule has 0 aliphatic heterocycles. The lowest BCUT2D eigenvalue weighted by Gasteiger charge is -2.04. The Morgan fingerprint density at radius 1 is 1.42 bits per heavy atom. The summed E-state index contributed by atoms with van der Waals surface area (Å²) in [4.78, 5) is 22.5. The molecule has 0 aromatic carbocycles. The van der Waals surface area contributed by atoms with Crippen LogP contribution in [0.25, 0.3) is 0 Å². The molecule has 0 aliphatic carbocycles. The molecular weight excluding hydrogens is 262 g/mol. The van der Waals surface area contributed by atoms with Crippen molar-refractivity contribution in [1.29, 1.82) is 0 Å². The molecule has 0 saturated heterocycles. The van der Waals surface area contributed by atoms with Crippen molar-refractivity contribution in [1.82, 2.24) is 15.0 Å². The predicted octanol–water partition coefficient (Wildman–Crippen LogP) is 1.65. The number of nitrogens with zero attached hydrogens (tertiary/aromatic N) is 2. The fourth-order valence-electron chi connectivity index (χ4n) is 1.54. The van der Waals surface area contributed by atoms with Gasteiger partial charge in [-0.15, -0.1) is 0 Å². The quantitative estimate of drug-likeness (QED) is 0.494. The van der Waals surface area contributed by atoms with Gasteiger partial charge in [0.15, 0.2) is 5.16 Å². The normalized spacial score (nSPS) is 10.6. The van der Waals surface area contributed by atoms with Crippen LogP contribution in [-0.2, 0) is 17.8 Å². The molecule has 0 aliphatic rings. The molecule has 0 radical (unpaired) electrons. The molecule has 2 heterocycles. The first kappa shape index (κ1) is 13.8. The Balaban J connectivity index is 1.81.